The second-order valence-electron chi connectivity index (χ2n) is 2.92. The quantitative estimate of drug-likeness (QED) is 0.316. The maximum absolute atomic E-state index is 11.3. The van der Waals surface area contributed by atoms with Crippen molar-refractivity contribution in [1.29, 1.82) is 0 Å². The van der Waals surface area contributed by atoms with E-state index in [4.69, 9.17) is 10.5 Å². The molecule has 0 rings (SSSR count). The maximum Gasteiger partial charge on any atom is 0.409 e. The van der Waals surface area contributed by atoms with Crippen molar-refractivity contribution in [1.82, 2.24) is 0 Å². The molecule has 0 bridgehead atoms. The molecule has 0 aromatic carbocycles. The van der Waals surface area contributed by atoms with E-state index >= 15 is 0 Å². The molecule has 0 aliphatic rings. The molecule has 0 saturated heterocycles. The summed E-state index contributed by atoms with van der Waals surface area (Å²) in [5.41, 5.74) is 5.06. The number of esters is 1. The number of hydrogen-bond acceptors (Lipinski definition) is 4. The van der Waals surface area contributed by atoms with Gasteiger partial charge in [-0.2, -0.15) is 0 Å². The molecule has 15 heavy (non-hydrogen) atoms. The number of hydrogen-bond donors (Lipinski definition) is 1. The molecule has 1 amide bonds. The van der Waals surface area contributed by atoms with Crippen molar-refractivity contribution in [3.05, 3.63) is 11.8 Å². The molecule has 5 heteroatoms. The SMILES string of the molecule is CCCCOC(=O)C(=COC(N)=O)CC. The molecular formula is C10H17NO4. The lowest BCUT2D eigenvalue weighted by Gasteiger charge is -2.05. The van der Waals surface area contributed by atoms with Gasteiger partial charge in [-0.3, -0.25) is 0 Å². The van der Waals surface area contributed by atoms with Gasteiger partial charge in [-0.25, -0.2) is 9.59 Å². The third kappa shape index (κ3) is 6.54. The zero-order valence-electron chi connectivity index (χ0n) is 9.12. The smallest absolute Gasteiger partial charge is 0.409 e. The van der Waals surface area contributed by atoms with Crippen molar-refractivity contribution < 1.29 is 19.1 Å². The second kappa shape index (κ2) is 7.84. The molecule has 0 unspecified atom stereocenters. The van der Waals surface area contributed by atoms with Crippen molar-refractivity contribution in [3.63, 3.8) is 0 Å². The van der Waals surface area contributed by atoms with E-state index in [0.717, 1.165) is 19.1 Å². The standard InChI is InChI=1S/C10H17NO4/c1-3-5-6-14-9(12)8(4-2)7-15-10(11)13/h7H,3-6H2,1-2H3,(H2,11,13). The Morgan fingerprint density at radius 1 is 1.33 bits per heavy atom. The van der Waals surface area contributed by atoms with E-state index in [2.05, 4.69) is 4.74 Å². The van der Waals surface area contributed by atoms with Crippen LogP contribution in [0.3, 0.4) is 0 Å². The van der Waals surface area contributed by atoms with Crippen molar-refractivity contribution in [2.75, 3.05) is 6.61 Å². The maximum atomic E-state index is 11.3. The van der Waals surface area contributed by atoms with E-state index in [1.54, 1.807) is 6.92 Å². The summed E-state index contributed by atoms with van der Waals surface area (Å²) in [6.45, 7) is 4.14. The van der Waals surface area contributed by atoms with Crippen molar-refractivity contribution in [3.8, 4) is 0 Å². The van der Waals surface area contributed by atoms with Crippen molar-refractivity contribution >= 4 is 12.1 Å². The summed E-state index contributed by atoms with van der Waals surface area (Å²) in [5.74, 6) is -0.466. The molecule has 0 aromatic rings. The first-order valence-corrected chi connectivity index (χ1v) is 4.94. The van der Waals surface area contributed by atoms with Gasteiger partial charge in [0.15, 0.2) is 0 Å². The van der Waals surface area contributed by atoms with Crippen LogP contribution in [0.5, 0.6) is 0 Å². The van der Waals surface area contributed by atoms with Gasteiger partial charge < -0.3 is 15.2 Å². The Labute approximate surface area is 89.2 Å². The number of carbonyl (C=O) groups excluding carboxylic acids is 2. The number of primary amides is 1. The fourth-order valence-corrected chi connectivity index (χ4v) is 0.807. The van der Waals surface area contributed by atoms with Crippen LogP contribution < -0.4 is 5.73 Å². The van der Waals surface area contributed by atoms with Crippen LogP contribution in [0, 0.1) is 0 Å². The summed E-state index contributed by atoms with van der Waals surface area (Å²) in [6, 6.07) is 0. The van der Waals surface area contributed by atoms with Crippen LogP contribution in [0.2, 0.25) is 0 Å². The highest BCUT2D eigenvalue weighted by Gasteiger charge is 2.09. The predicted molar refractivity (Wildman–Crippen MR) is 54.9 cm³/mol. The van der Waals surface area contributed by atoms with Crippen LogP contribution in [-0.2, 0) is 14.3 Å². The fraction of sp³-hybridized carbons (Fsp3) is 0.600. The van der Waals surface area contributed by atoms with Crippen molar-refractivity contribution in [2.24, 2.45) is 5.73 Å². The third-order valence-corrected chi connectivity index (χ3v) is 1.69. The van der Waals surface area contributed by atoms with Gasteiger partial charge in [0.05, 0.1) is 12.2 Å². The average molecular weight is 215 g/mol. The van der Waals surface area contributed by atoms with Crippen LogP contribution >= 0.6 is 0 Å². The molecule has 0 fully saturated rings. The molecule has 0 spiro atoms. The normalized spacial score (nSPS) is 10.9. The predicted octanol–water partition coefficient (Wildman–Crippen LogP) is 1.72. The number of ether oxygens (including phenoxy) is 2. The third-order valence-electron chi connectivity index (χ3n) is 1.69. The number of nitrogens with two attached hydrogens (primary N) is 1. The summed E-state index contributed by atoms with van der Waals surface area (Å²) in [4.78, 5) is 21.6. The molecule has 0 radical (unpaired) electrons. The highest BCUT2D eigenvalue weighted by molar-refractivity contribution is 5.88. The molecule has 0 saturated carbocycles. The van der Waals surface area contributed by atoms with Gasteiger partial charge in [0, 0.05) is 0 Å². The van der Waals surface area contributed by atoms with Crippen LogP contribution in [0.1, 0.15) is 33.1 Å². The largest absolute Gasteiger partial charge is 0.462 e. The Hall–Kier alpha value is -1.52. The minimum Gasteiger partial charge on any atom is -0.462 e. The molecule has 0 aliphatic heterocycles. The average Bonchev–Trinajstić information content (AvgIpc) is 2.18. The van der Waals surface area contributed by atoms with E-state index < -0.39 is 12.1 Å². The van der Waals surface area contributed by atoms with Gasteiger partial charge in [-0.05, 0) is 12.8 Å². The molecule has 5 nitrogen and oxygen atoms in total. The topological polar surface area (TPSA) is 78.6 Å². The lowest BCUT2D eigenvalue weighted by molar-refractivity contribution is -0.139. The van der Waals surface area contributed by atoms with Gasteiger partial charge >= 0.3 is 12.1 Å². The molecule has 86 valence electrons. The minimum atomic E-state index is -0.942. The molecule has 0 atom stereocenters. The number of rotatable bonds is 6. The Kier molecular flexibility index (Phi) is 7.05. The Morgan fingerprint density at radius 3 is 2.47 bits per heavy atom. The lowest BCUT2D eigenvalue weighted by Crippen LogP contribution is -2.13. The molecule has 2 N–H and O–H groups in total. The van der Waals surface area contributed by atoms with E-state index in [-0.39, 0.29) is 0 Å². The lowest BCUT2D eigenvalue weighted by atomic mass is 10.2. The zero-order valence-corrected chi connectivity index (χ0v) is 9.12. The van der Waals surface area contributed by atoms with Gasteiger partial charge in [-0.1, -0.05) is 20.3 Å². The first kappa shape index (κ1) is 13.5. The summed E-state index contributed by atoms with van der Waals surface area (Å²) >= 11 is 0. The van der Waals surface area contributed by atoms with Crippen LogP contribution in [-0.4, -0.2) is 18.7 Å². The van der Waals surface area contributed by atoms with E-state index in [1.165, 1.54) is 0 Å². The Balaban J connectivity index is 4.09. The summed E-state index contributed by atoms with van der Waals surface area (Å²) in [7, 11) is 0. The van der Waals surface area contributed by atoms with E-state index in [9.17, 15) is 9.59 Å². The van der Waals surface area contributed by atoms with Crippen LogP contribution in [0.25, 0.3) is 0 Å². The van der Waals surface area contributed by atoms with Crippen LogP contribution in [0.4, 0.5) is 4.79 Å². The van der Waals surface area contributed by atoms with Gasteiger partial charge in [-0.15, -0.1) is 0 Å². The fourth-order valence-electron chi connectivity index (χ4n) is 0.807. The van der Waals surface area contributed by atoms with Crippen molar-refractivity contribution in [2.45, 2.75) is 33.1 Å². The van der Waals surface area contributed by atoms with Gasteiger partial charge in [0.2, 0.25) is 0 Å². The van der Waals surface area contributed by atoms with E-state index in [1.807, 2.05) is 6.92 Å². The zero-order chi connectivity index (χ0) is 11.7. The van der Waals surface area contributed by atoms with Gasteiger partial charge in [0.25, 0.3) is 0 Å². The summed E-state index contributed by atoms with van der Waals surface area (Å²) in [6.07, 6.45) is 2.30. The highest BCUT2D eigenvalue weighted by Crippen LogP contribution is 2.04. The number of amides is 1. The summed E-state index contributed by atoms with van der Waals surface area (Å²) in [5, 5.41) is 0. The monoisotopic (exact) mass is 215 g/mol. The Morgan fingerprint density at radius 2 is 2.00 bits per heavy atom. The summed E-state index contributed by atoms with van der Waals surface area (Å²) < 4.78 is 9.33. The molecular weight excluding hydrogens is 198 g/mol. The number of unbranched alkanes of at least 4 members (excludes halogenated alkanes) is 1. The second-order valence-corrected chi connectivity index (χ2v) is 2.92. The molecule has 0 aromatic heterocycles. The van der Waals surface area contributed by atoms with E-state index in [0.29, 0.717) is 18.6 Å². The first-order valence-electron chi connectivity index (χ1n) is 4.94. The minimum absolute atomic E-state index is 0.296. The Bertz CT molecular complexity index is 248. The highest BCUT2D eigenvalue weighted by atomic mass is 16.5. The number of carbonyl (C=O) groups is 2. The van der Waals surface area contributed by atoms with Gasteiger partial charge in [0.1, 0.15) is 6.26 Å². The molecule has 0 aliphatic carbocycles. The van der Waals surface area contributed by atoms with Crippen LogP contribution in [0.15, 0.2) is 11.8 Å². The first-order chi connectivity index (χ1) is 7.11. The molecule has 0 heterocycles.